The Morgan fingerprint density at radius 2 is 1.85 bits per heavy atom. The molecule has 4 nitrogen and oxygen atoms in total. The summed E-state index contributed by atoms with van der Waals surface area (Å²) in [5.74, 6) is -0.378. The van der Waals surface area contributed by atoms with Crippen molar-refractivity contribution in [2.75, 3.05) is 6.61 Å². The van der Waals surface area contributed by atoms with E-state index in [1.54, 1.807) is 19.1 Å². The summed E-state index contributed by atoms with van der Waals surface area (Å²) in [5.41, 5.74) is 6.99. The zero-order valence-electron chi connectivity index (χ0n) is 23.8. The lowest BCUT2D eigenvalue weighted by atomic mass is 9.83. The van der Waals surface area contributed by atoms with E-state index in [-0.39, 0.29) is 18.1 Å². The average Bonchev–Trinajstić information content (AvgIpc) is 3.08. The summed E-state index contributed by atoms with van der Waals surface area (Å²) in [6.45, 7) is 8.60. The highest BCUT2D eigenvalue weighted by atomic mass is 19.4. The van der Waals surface area contributed by atoms with Gasteiger partial charge in [0, 0.05) is 29.5 Å². The Hall–Kier alpha value is -3.06. The van der Waals surface area contributed by atoms with Gasteiger partial charge in [-0.25, -0.2) is 4.99 Å². The van der Waals surface area contributed by atoms with Gasteiger partial charge < -0.3 is 4.74 Å². The van der Waals surface area contributed by atoms with Gasteiger partial charge in [0.1, 0.15) is 5.71 Å². The van der Waals surface area contributed by atoms with Crippen molar-refractivity contribution in [2.45, 2.75) is 84.5 Å². The van der Waals surface area contributed by atoms with Crippen LogP contribution < -0.4 is 0 Å². The summed E-state index contributed by atoms with van der Waals surface area (Å²) in [5, 5.41) is 0. The standard InChI is InChI=1S/C33H38F3N3O/c1-5-40-26-13-16-30-27(19-26)29(14-10-21(3)31(38-30)24-8-6-7-20(2)17-24)37-25-12-15-28-23(18-25)11-9-22(4)32(39-28)33(34,35)36/h8,12-13,15-19,21-22,26,30H,5-7,9-11,14H2,1-4H3. The molecule has 40 heavy (non-hydrogen) atoms. The van der Waals surface area contributed by atoms with Crippen molar-refractivity contribution in [2.24, 2.45) is 26.8 Å². The first-order valence-corrected chi connectivity index (χ1v) is 14.5. The van der Waals surface area contributed by atoms with Crippen LogP contribution in [0.3, 0.4) is 0 Å². The van der Waals surface area contributed by atoms with Gasteiger partial charge >= 0.3 is 6.18 Å². The van der Waals surface area contributed by atoms with Gasteiger partial charge in [0.15, 0.2) is 0 Å². The van der Waals surface area contributed by atoms with E-state index in [9.17, 15) is 13.2 Å². The van der Waals surface area contributed by atoms with Crippen LogP contribution in [0.15, 0.2) is 80.3 Å². The number of alkyl halides is 3. The average molecular weight is 550 g/mol. The third-order valence-electron chi connectivity index (χ3n) is 8.17. The van der Waals surface area contributed by atoms with E-state index in [0.717, 1.165) is 53.9 Å². The molecule has 0 spiro atoms. The van der Waals surface area contributed by atoms with Crippen molar-refractivity contribution >= 4 is 28.5 Å². The Morgan fingerprint density at radius 1 is 1.05 bits per heavy atom. The third-order valence-corrected chi connectivity index (χ3v) is 8.17. The lowest BCUT2D eigenvalue weighted by Gasteiger charge is -2.29. The molecule has 4 unspecified atom stereocenters. The Labute approximate surface area is 235 Å². The smallest absolute Gasteiger partial charge is 0.370 e. The van der Waals surface area contributed by atoms with E-state index in [2.05, 4.69) is 49.2 Å². The highest BCUT2D eigenvalue weighted by Gasteiger charge is 2.40. The fourth-order valence-electron chi connectivity index (χ4n) is 5.94. The maximum Gasteiger partial charge on any atom is 0.429 e. The van der Waals surface area contributed by atoms with Gasteiger partial charge in [-0.15, -0.1) is 0 Å². The molecule has 0 saturated carbocycles. The van der Waals surface area contributed by atoms with Gasteiger partial charge in [-0.2, -0.15) is 13.2 Å². The Bertz CT molecular complexity index is 1360. The molecule has 212 valence electrons. The Balaban J connectivity index is 1.53. The number of hydrogen-bond donors (Lipinski definition) is 0. The zero-order chi connectivity index (χ0) is 28.4. The van der Waals surface area contributed by atoms with Crippen LogP contribution in [0, 0.1) is 11.8 Å². The number of ether oxygens (including phenoxy) is 1. The summed E-state index contributed by atoms with van der Waals surface area (Å²) in [6.07, 6.45) is 11.1. The Morgan fingerprint density at radius 3 is 2.60 bits per heavy atom. The fraction of sp³-hybridized carbons (Fsp3) is 0.485. The summed E-state index contributed by atoms with van der Waals surface area (Å²) in [4.78, 5) is 14.4. The molecule has 0 bridgehead atoms. The maximum absolute atomic E-state index is 13.6. The molecule has 0 N–H and O–H groups in total. The lowest BCUT2D eigenvalue weighted by Crippen LogP contribution is -2.29. The van der Waals surface area contributed by atoms with Gasteiger partial charge in [-0.1, -0.05) is 43.7 Å². The van der Waals surface area contributed by atoms with Crippen LogP contribution in [0.4, 0.5) is 24.5 Å². The largest absolute Gasteiger partial charge is 0.429 e. The number of halogens is 3. The molecular formula is C33H38F3N3O. The minimum atomic E-state index is -4.43. The zero-order valence-corrected chi connectivity index (χ0v) is 23.8. The SMILES string of the molecule is CCOC1C=CC2N=C(C3=CCCC(C)=C3)C(C)CCC(=Nc3ccc4c(c3)CCC(C)C(C(F)(F)F)=N4)C2=C1. The minimum absolute atomic E-state index is 0.142. The molecule has 0 saturated heterocycles. The first kappa shape index (κ1) is 28.5. The van der Waals surface area contributed by atoms with Gasteiger partial charge in [0.2, 0.25) is 0 Å². The number of fused-ring (bicyclic) bond motifs is 2. The molecule has 4 atom stereocenters. The lowest BCUT2D eigenvalue weighted by molar-refractivity contribution is -0.0626. The molecular weight excluding hydrogens is 511 g/mol. The second-order valence-corrected chi connectivity index (χ2v) is 11.3. The maximum atomic E-state index is 13.6. The molecule has 0 aromatic heterocycles. The molecule has 0 fully saturated rings. The van der Waals surface area contributed by atoms with E-state index >= 15 is 0 Å². The predicted octanol–water partition coefficient (Wildman–Crippen LogP) is 8.78. The molecule has 2 aliphatic heterocycles. The second kappa shape index (κ2) is 11.8. The summed E-state index contributed by atoms with van der Waals surface area (Å²) >= 11 is 0. The molecule has 0 amide bonds. The molecule has 1 aromatic carbocycles. The first-order valence-electron chi connectivity index (χ1n) is 14.5. The molecule has 1 aromatic rings. The van der Waals surface area contributed by atoms with Gasteiger partial charge in [0.05, 0.1) is 23.5 Å². The quantitative estimate of drug-likeness (QED) is 0.346. The molecule has 0 radical (unpaired) electrons. The van der Waals surface area contributed by atoms with Crippen LogP contribution in [0.25, 0.3) is 0 Å². The van der Waals surface area contributed by atoms with Crippen molar-refractivity contribution in [3.63, 3.8) is 0 Å². The van der Waals surface area contributed by atoms with E-state index in [1.807, 2.05) is 13.0 Å². The molecule has 2 aliphatic carbocycles. The van der Waals surface area contributed by atoms with Crippen LogP contribution in [0.5, 0.6) is 0 Å². The predicted molar refractivity (Wildman–Crippen MR) is 158 cm³/mol. The third kappa shape index (κ3) is 6.30. The number of aliphatic imine (C=N–C) groups is 3. The number of nitrogens with zero attached hydrogens (tertiary/aromatic N) is 3. The van der Waals surface area contributed by atoms with Crippen LogP contribution in [-0.4, -0.2) is 42.1 Å². The normalized spacial score (nSPS) is 28.2. The van der Waals surface area contributed by atoms with Crippen molar-refractivity contribution < 1.29 is 17.9 Å². The van der Waals surface area contributed by atoms with E-state index in [1.165, 1.54) is 11.1 Å². The Kier molecular flexibility index (Phi) is 8.41. The number of benzene rings is 1. The summed E-state index contributed by atoms with van der Waals surface area (Å²) in [7, 11) is 0. The number of aryl methyl sites for hydroxylation is 1. The number of rotatable bonds is 4. The summed E-state index contributed by atoms with van der Waals surface area (Å²) < 4.78 is 46.6. The molecule has 2 heterocycles. The summed E-state index contributed by atoms with van der Waals surface area (Å²) in [6, 6.07) is 5.21. The fourth-order valence-corrected chi connectivity index (χ4v) is 5.94. The van der Waals surface area contributed by atoms with E-state index in [0.29, 0.717) is 25.1 Å². The van der Waals surface area contributed by atoms with Gasteiger partial charge in [0.25, 0.3) is 0 Å². The van der Waals surface area contributed by atoms with Crippen molar-refractivity contribution in [1.29, 1.82) is 0 Å². The second-order valence-electron chi connectivity index (χ2n) is 11.3. The van der Waals surface area contributed by atoms with E-state index in [4.69, 9.17) is 14.7 Å². The molecule has 7 heteroatoms. The van der Waals surface area contributed by atoms with Crippen LogP contribution in [0.1, 0.15) is 65.4 Å². The van der Waals surface area contributed by atoms with Crippen LogP contribution in [-0.2, 0) is 11.2 Å². The molecule has 4 aliphatic rings. The topological polar surface area (TPSA) is 46.3 Å². The van der Waals surface area contributed by atoms with E-state index < -0.39 is 17.8 Å². The number of hydrogen-bond acceptors (Lipinski definition) is 4. The minimum Gasteiger partial charge on any atom is -0.370 e. The molecule has 5 rings (SSSR count). The van der Waals surface area contributed by atoms with Crippen molar-refractivity contribution in [3.05, 3.63) is 70.9 Å². The monoisotopic (exact) mass is 549 g/mol. The van der Waals surface area contributed by atoms with Gasteiger partial charge in [-0.05, 0) is 93.7 Å². The first-order chi connectivity index (χ1) is 19.1. The number of allylic oxidation sites excluding steroid dienone is 4. The highest BCUT2D eigenvalue weighted by Crippen LogP contribution is 2.36. The highest BCUT2D eigenvalue weighted by molar-refractivity contribution is 6.08. The van der Waals surface area contributed by atoms with Crippen molar-refractivity contribution in [1.82, 2.24) is 0 Å². The van der Waals surface area contributed by atoms with Crippen LogP contribution in [0.2, 0.25) is 0 Å². The van der Waals surface area contributed by atoms with Crippen LogP contribution >= 0.6 is 0 Å². The van der Waals surface area contributed by atoms with Crippen molar-refractivity contribution in [3.8, 4) is 0 Å². The van der Waals surface area contributed by atoms with Gasteiger partial charge in [-0.3, -0.25) is 9.98 Å².